The number of hydrogen-bond acceptors (Lipinski definition) is 6. The highest BCUT2D eigenvalue weighted by Gasteiger charge is 2.70. The van der Waals surface area contributed by atoms with Crippen LogP contribution < -0.4 is 10.6 Å². The van der Waals surface area contributed by atoms with E-state index in [4.69, 9.17) is 16.3 Å². The van der Waals surface area contributed by atoms with E-state index in [9.17, 15) is 36.7 Å². The molecule has 1 aliphatic heterocycles. The Morgan fingerprint density at radius 2 is 1.70 bits per heavy atom. The average molecular weight is 668 g/mol. The van der Waals surface area contributed by atoms with Crippen LogP contribution in [0.3, 0.4) is 0 Å². The fraction of sp³-hybridized carbons (Fsp3) is 0.516. The fourth-order valence-electron chi connectivity index (χ4n) is 5.58. The lowest BCUT2D eigenvalue weighted by molar-refractivity contribution is -0.201. The number of rotatable bonds is 5. The molecule has 2 heterocycles. The van der Waals surface area contributed by atoms with Crippen molar-refractivity contribution in [3.8, 4) is 0 Å². The van der Waals surface area contributed by atoms with Crippen LogP contribution in [0.4, 0.5) is 33.9 Å². The van der Waals surface area contributed by atoms with Crippen molar-refractivity contribution in [1.29, 1.82) is 0 Å². The predicted molar refractivity (Wildman–Crippen MR) is 159 cm³/mol. The summed E-state index contributed by atoms with van der Waals surface area (Å²) in [7, 11) is 0. The number of anilines is 2. The van der Waals surface area contributed by atoms with E-state index in [0.717, 1.165) is 28.7 Å². The number of aromatic nitrogens is 1. The summed E-state index contributed by atoms with van der Waals surface area (Å²) in [5.41, 5.74) is -2.15. The van der Waals surface area contributed by atoms with Crippen LogP contribution in [0.15, 0.2) is 30.5 Å². The molecule has 1 aromatic carbocycles. The van der Waals surface area contributed by atoms with Crippen LogP contribution in [0.1, 0.15) is 76.5 Å². The first kappa shape index (κ1) is 33.4. The van der Waals surface area contributed by atoms with E-state index in [2.05, 4.69) is 15.6 Å². The maximum absolute atomic E-state index is 14.0. The second kappa shape index (κ2) is 12.0. The van der Waals surface area contributed by atoms with E-state index >= 15 is 0 Å². The van der Waals surface area contributed by atoms with E-state index in [1.54, 1.807) is 26.8 Å². The molecule has 1 aromatic heterocycles. The first-order valence-corrected chi connectivity index (χ1v) is 15.2. The lowest BCUT2D eigenvalue weighted by Gasteiger charge is -2.46. The molecule has 2 atom stereocenters. The zero-order valence-electron chi connectivity index (χ0n) is 25.6. The number of nitrogens with one attached hydrogen (secondary N) is 2. The second-order valence-electron chi connectivity index (χ2n) is 13.1. The average Bonchev–Trinajstić information content (AvgIpc) is 3.87. The SMILES string of the molecule is C[C@@H]1CN(C(=O)C(=O)Nc2cnc(NC(=O)OC(C)(C)C)c(C3CC3)c2)[C@@H](c2ccc(F)c(Cl)c2)CN1C(=O)C1(C(F)(F)F)CC1. The van der Waals surface area contributed by atoms with E-state index in [-0.39, 0.29) is 53.9 Å². The Balaban J connectivity index is 1.37. The molecule has 10 nitrogen and oxygen atoms in total. The topological polar surface area (TPSA) is 121 Å². The Morgan fingerprint density at radius 3 is 2.26 bits per heavy atom. The lowest BCUT2D eigenvalue weighted by Crippen LogP contribution is -2.60. The zero-order chi connectivity index (χ0) is 33.8. The summed E-state index contributed by atoms with van der Waals surface area (Å²) >= 11 is 5.99. The van der Waals surface area contributed by atoms with Crippen molar-refractivity contribution in [3.05, 3.63) is 52.4 Å². The highest BCUT2D eigenvalue weighted by molar-refractivity contribution is 6.39. The van der Waals surface area contributed by atoms with Crippen molar-refractivity contribution in [1.82, 2.24) is 14.8 Å². The Bertz CT molecular complexity index is 1570. The Hall–Kier alpha value is -3.94. The van der Waals surface area contributed by atoms with E-state index < -0.39 is 58.9 Å². The molecule has 3 fully saturated rings. The quantitative estimate of drug-likeness (QED) is 0.290. The van der Waals surface area contributed by atoms with Gasteiger partial charge in [0.25, 0.3) is 0 Å². The fourth-order valence-corrected chi connectivity index (χ4v) is 5.77. The number of benzene rings is 1. The van der Waals surface area contributed by atoms with Crippen LogP contribution in [0, 0.1) is 11.2 Å². The van der Waals surface area contributed by atoms with Crippen LogP contribution in [-0.2, 0) is 19.1 Å². The van der Waals surface area contributed by atoms with Gasteiger partial charge in [0.15, 0.2) is 0 Å². The van der Waals surface area contributed by atoms with E-state index in [0.29, 0.717) is 5.56 Å². The minimum absolute atomic E-state index is 0.0792. The molecule has 0 unspecified atom stereocenters. The van der Waals surface area contributed by atoms with Gasteiger partial charge < -0.3 is 19.9 Å². The summed E-state index contributed by atoms with van der Waals surface area (Å²) in [4.78, 5) is 59.0. The van der Waals surface area contributed by atoms with Crippen molar-refractivity contribution in [2.75, 3.05) is 23.7 Å². The maximum Gasteiger partial charge on any atom is 0.413 e. The van der Waals surface area contributed by atoms with Gasteiger partial charge in [0.1, 0.15) is 22.7 Å². The summed E-state index contributed by atoms with van der Waals surface area (Å²) < 4.78 is 60.8. The van der Waals surface area contributed by atoms with Crippen LogP contribution >= 0.6 is 11.6 Å². The molecule has 1 saturated heterocycles. The number of halogens is 5. The first-order chi connectivity index (χ1) is 21.4. The molecule has 2 saturated carbocycles. The van der Waals surface area contributed by atoms with E-state index in [1.165, 1.54) is 25.3 Å². The third kappa shape index (κ3) is 6.91. The number of hydrogen-bond donors (Lipinski definition) is 2. The number of carbonyl (C=O) groups is 4. The maximum atomic E-state index is 14.0. The van der Waals surface area contributed by atoms with Gasteiger partial charge in [-0.05, 0) is 83.1 Å². The molecule has 2 aromatic rings. The minimum Gasteiger partial charge on any atom is -0.444 e. The number of ether oxygens (including phenoxy) is 1. The largest absolute Gasteiger partial charge is 0.444 e. The number of carbonyl (C=O) groups excluding carboxylic acids is 4. The first-order valence-electron chi connectivity index (χ1n) is 14.8. The van der Waals surface area contributed by atoms with Gasteiger partial charge in [0.2, 0.25) is 5.91 Å². The summed E-state index contributed by atoms with van der Waals surface area (Å²) in [6.07, 6.45) is -3.17. The lowest BCUT2D eigenvalue weighted by atomic mass is 9.96. The van der Waals surface area contributed by atoms with Gasteiger partial charge in [-0.15, -0.1) is 0 Å². The molecule has 0 radical (unpaired) electrons. The van der Waals surface area contributed by atoms with Gasteiger partial charge in [0.05, 0.1) is 22.9 Å². The summed E-state index contributed by atoms with van der Waals surface area (Å²) in [6.45, 7) is 6.03. The number of nitrogens with zero attached hydrogens (tertiary/aromatic N) is 3. The Kier molecular flexibility index (Phi) is 8.73. The van der Waals surface area contributed by atoms with Gasteiger partial charge >= 0.3 is 24.1 Å². The number of amides is 4. The predicted octanol–water partition coefficient (Wildman–Crippen LogP) is 6.18. The summed E-state index contributed by atoms with van der Waals surface area (Å²) in [6, 6.07) is 3.21. The third-order valence-corrected chi connectivity index (χ3v) is 8.59. The number of alkyl halides is 3. The van der Waals surface area contributed by atoms with Gasteiger partial charge in [-0.1, -0.05) is 17.7 Å². The molecule has 15 heteroatoms. The molecule has 2 aliphatic carbocycles. The molecule has 2 N–H and O–H groups in total. The van der Waals surface area contributed by atoms with Crippen LogP contribution in [0.2, 0.25) is 5.02 Å². The van der Waals surface area contributed by atoms with Crippen LogP contribution in [0.5, 0.6) is 0 Å². The number of pyridine rings is 1. The molecule has 46 heavy (non-hydrogen) atoms. The molecule has 4 amide bonds. The van der Waals surface area contributed by atoms with Crippen LogP contribution in [-0.4, -0.2) is 69.5 Å². The highest BCUT2D eigenvalue weighted by atomic mass is 35.5. The molecule has 5 rings (SSSR count). The van der Waals surface area contributed by atoms with Crippen molar-refractivity contribution in [2.24, 2.45) is 5.41 Å². The van der Waals surface area contributed by atoms with Crippen molar-refractivity contribution < 1.29 is 41.5 Å². The van der Waals surface area contributed by atoms with Crippen molar-refractivity contribution in [2.45, 2.75) is 83.2 Å². The minimum atomic E-state index is -4.74. The zero-order valence-corrected chi connectivity index (χ0v) is 26.4. The van der Waals surface area contributed by atoms with Crippen molar-refractivity contribution >= 4 is 46.9 Å². The van der Waals surface area contributed by atoms with Crippen LogP contribution in [0.25, 0.3) is 0 Å². The van der Waals surface area contributed by atoms with Gasteiger partial charge in [0, 0.05) is 24.7 Å². The molecule has 0 spiro atoms. The normalized spacial score (nSPS) is 21.0. The van der Waals surface area contributed by atoms with Gasteiger partial charge in [-0.2, -0.15) is 13.2 Å². The molecule has 3 aliphatic rings. The number of piperazine rings is 1. The standard InChI is InChI=1S/C31H34ClF4N5O5/c1-16-14-41(23(18-7-8-22(33)21(32)11-18)15-40(16)27(44)30(9-10-30)31(34,35)36)26(43)25(42)38-19-12-20(17-5-6-17)24(37-13-19)39-28(45)46-29(2,3)4/h7-8,11-13,16-17,23H,5-6,9-10,14-15H2,1-4H3,(H,38,42)(H,37,39,45)/t16-,23-/m1/s1. The third-order valence-electron chi connectivity index (χ3n) is 8.30. The Morgan fingerprint density at radius 1 is 1.02 bits per heavy atom. The monoisotopic (exact) mass is 667 g/mol. The molecular formula is C31H34ClF4N5O5. The molecule has 248 valence electrons. The van der Waals surface area contributed by atoms with Crippen molar-refractivity contribution in [3.63, 3.8) is 0 Å². The summed E-state index contributed by atoms with van der Waals surface area (Å²) in [5, 5.41) is 4.85. The van der Waals surface area contributed by atoms with E-state index in [1.807, 2.05) is 0 Å². The van der Waals surface area contributed by atoms with Gasteiger partial charge in [-0.25, -0.2) is 14.2 Å². The smallest absolute Gasteiger partial charge is 0.413 e. The highest BCUT2D eigenvalue weighted by Crippen LogP contribution is 2.59. The van der Waals surface area contributed by atoms with Gasteiger partial charge in [-0.3, -0.25) is 19.7 Å². The summed E-state index contributed by atoms with van der Waals surface area (Å²) in [5.74, 6) is -3.59. The molecule has 0 bridgehead atoms. The Labute approximate surface area is 267 Å². The molecular weight excluding hydrogens is 634 g/mol. The second-order valence-corrected chi connectivity index (χ2v) is 13.5.